The molecule has 0 spiro atoms. The zero-order chi connectivity index (χ0) is 13.0. The van der Waals surface area contributed by atoms with Gasteiger partial charge in [0.2, 0.25) is 5.91 Å². The predicted octanol–water partition coefficient (Wildman–Crippen LogP) is 1.49. The number of aliphatic hydroxyl groups excluding tert-OH is 1. The molecular weight excluding hydrogens is 263 g/mol. The molecule has 4 nitrogen and oxygen atoms in total. The maximum absolute atomic E-state index is 11.2. The summed E-state index contributed by atoms with van der Waals surface area (Å²) in [5.74, 6) is -0.341. The van der Waals surface area contributed by atoms with Crippen molar-refractivity contribution in [2.45, 2.75) is 19.1 Å². The normalized spacial score (nSPS) is 14.2. The van der Waals surface area contributed by atoms with Crippen molar-refractivity contribution in [3.63, 3.8) is 0 Å². The highest BCUT2D eigenvalue weighted by Gasteiger charge is 2.17. The molecule has 0 saturated carbocycles. The van der Waals surface area contributed by atoms with Crippen LogP contribution in [-0.4, -0.2) is 23.6 Å². The molecule has 0 saturated heterocycles. The zero-order valence-electron chi connectivity index (χ0n) is 9.28. The highest BCUT2D eigenvalue weighted by Crippen LogP contribution is 2.29. The molecule has 0 aliphatic carbocycles. The van der Waals surface area contributed by atoms with Gasteiger partial charge in [0.15, 0.2) is 0 Å². The van der Waals surface area contributed by atoms with E-state index in [9.17, 15) is 9.90 Å². The number of hydrogen-bond acceptors (Lipinski definition) is 3. The lowest BCUT2D eigenvalue weighted by Crippen LogP contribution is -2.40. The molecule has 1 aromatic rings. The van der Waals surface area contributed by atoms with Gasteiger partial charge in [-0.2, -0.15) is 0 Å². The first kappa shape index (κ1) is 14.3. The minimum atomic E-state index is -0.959. The molecule has 1 aromatic carbocycles. The average Bonchev–Trinajstić information content (AvgIpc) is 2.25. The van der Waals surface area contributed by atoms with E-state index in [1.807, 2.05) is 0 Å². The van der Waals surface area contributed by atoms with Gasteiger partial charge in [0, 0.05) is 22.2 Å². The molecule has 94 valence electrons. The van der Waals surface area contributed by atoms with E-state index in [1.54, 1.807) is 25.1 Å². The summed E-state index contributed by atoms with van der Waals surface area (Å²) in [5, 5.41) is 13.1. The van der Waals surface area contributed by atoms with Crippen LogP contribution in [0.4, 0.5) is 0 Å². The summed E-state index contributed by atoms with van der Waals surface area (Å²) < 4.78 is 0. The fraction of sp³-hybridized carbons (Fsp3) is 0.364. The lowest BCUT2D eigenvalue weighted by Gasteiger charge is -2.16. The maximum atomic E-state index is 11.2. The molecule has 1 unspecified atom stereocenters. The van der Waals surface area contributed by atoms with Crippen LogP contribution in [0.5, 0.6) is 0 Å². The molecule has 0 aliphatic heterocycles. The molecule has 0 aliphatic rings. The number of halogens is 2. The topological polar surface area (TPSA) is 75.4 Å². The third kappa shape index (κ3) is 3.85. The first-order valence-corrected chi connectivity index (χ1v) is 5.84. The molecule has 0 fully saturated rings. The second kappa shape index (κ2) is 6.21. The smallest absolute Gasteiger partial charge is 0.236 e. The minimum Gasteiger partial charge on any atom is -0.386 e. The molecule has 0 aromatic heterocycles. The number of amides is 1. The fourth-order valence-electron chi connectivity index (χ4n) is 1.29. The van der Waals surface area contributed by atoms with Crippen molar-refractivity contribution in [1.29, 1.82) is 0 Å². The van der Waals surface area contributed by atoms with Crippen molar-refractivity contribution < 1.29 is 9.90 Å². The lowest BCUT2D eigenvalue weighted by molar-refractivity contribution is -0.122. The van der Waals surface area contributed by atoms with Crippen LogP contribution in [0.1, 0.15) is 18.6 Å². The van der Waals surface area contributed by atoms with Crippen LogP contribution in [0.15, 0.2) is 18.2 Å². The Balaban J connectivity index is 2.70. The molecule has 1 rings (SSSR count). The minimum absolute atomic E-state index is 0.0177. The van der Waals surface area contributed by atoms with Crippen molar-refractivity contribution >= 4 is 29.1 Å². The van der Waals surface area contributed by atoms with E-state index in [4.69, 9.17) is 28.9 Å². The van der Waals surface area contributed by atoms with Crippen LogP contribution in [-0.2, 0) is 4.79 Å². The van der Waals surface area contributed by atoms with E-state index >= 15 is 0 Å². The summed E-state index contributed by atoms with van der Waals surface area (Å²) in [6, 6.07) is 4.31. The number of nitrogens with one attached hydrogen (secondary N) is 1. The van der Waals surface area contributed by atoms with Gasteiger partial charge in [-0.15, -0.1) is 0 Å². The summed E-state index contributed by atoms with van der Waals surface area (Å²) in [6.45, 7) is 1.58. The Morgan fingerprint density at radius 1 is 1.47 bits per heavy atom. The molecule has 4 N–H and O–H groups in total. The van der Waals surface area contributed by atoms with Crippen LogP contribution in [0.25, 0.3) is 0 Å². The Labute approximate surface area is 110 Å². The summed E-state index contributed by atoms with van der Waals surface area (Å²) in [5.41, 5.74) is 5.78. The average molecular weight is 277 g/mol. The van der Waals surface area contributed by atoms with Gasteiger partial charge in [0.25, 0.3) is 0 Å². The predicted molar refractivity (Wildman–Crippen MR) is 68.1 cm³/mol. The van der Waals surface area contributed by atoms with Crippen molar-refractivity contribution in [1.82, 2.24) is 5.32 Å². The molecule has 1 amide bonds. The monoisotopic (exact) mass is 276 g/mol. The third-order valence-electron chi connectivity index (χ3n) is 2.22. The van der Waals surface area contributed by atoms with Crippen LogP contribution in [0.3, 0.4) is 0 Å². The number of rotatable bonds is 4. The van der Waals surface area contributed by atoms with Gasteiger partial charge in [0.1, 0.15) is 0 Å². The van der Waals surface area contributed by atoms with Gasteiger partial charge >= 0.3 is 0 Å². The number of aliphatic hydroxyl groups is 1. The summed E-state index contributed by atoms with van der Waals surface area (Å²) in [4.78, 5) is 11.2. The summed E-state index contributed by atoms with van der Waals surface area (Å²) in [6.07, 6.45) is -0.959. The molecule has 17 heavy (non-hydrogen) atoms. The van der Waals surface area contributed by atoms with Crippen LogP contribution >= 0.6 is 23.2 Å². The van der Waals surface area contributed by atoms with Gasteiger partial charge in [-0.1, -0.05) is 29.3 Å². The Hall–Kier alpha value is -0.810. The molecular formula is C11H14Cl2N2O2. The SMILES string of the molecule is C[C@@H](N)C(=O)NCC(O)c1c(Cl)cccc1Cl. The molecule has 0 heterocycles. The van der Waals surface area contributed by atoms with E-state index in [1.165, 1.54) is 0 Å². The Bertz CT molecular complexity index is 390. The zero-order valence-corrected chi connectivity index (χ0v) is 10.8. The maximum Gasteiger partial charge on any atom is 0.236 e. The highest BCUT2D eigenvalue weighted by atomic mass is 35.5. The van der Waals surface area contributed by atoms with Gasteiger partial charge in [-0.3, -0.25) is 4.79 Å². The van der Waals surface area contributed by atoms with Crippen molar-refractivity contribution in [2.75, 3.05) is 6.54 Å². The van der Waals surface area contributed by atoms with Crippen molar-refractivity contribution in [3.05, 3.63) is 33.8 Å². The highest BCUT2D eigenvalue weighted by molar-refractivity contribution is 6.36. The van der Waals surface area contributed by atoms with Gasteiger partial charge in [0.05, 0.1) is 12.1 Å². The number of carbonyl (C=O) groups is 1. The van der Waals surface area contributed by atoms with E-state index < -0.39 is 12.1 Å². The van der Waals surface area contributed by atoms with Gasteiger partial charge in [-0.25, -0.2) is 0 Å². The summed E-state index contributed by atoms with van der Waals surface area (Å²) in [7, 11) is 0. The number of nitrogens with two attached hydrogens (primary N) is 1. The Morgan fingerprint density at radius 3 is 2.47 bits per heavy atom. The largest absolute Gasteiger partial charge is 0.386 e. The molecule has 0 radical (unpaired) electrons. The fourth-order valence-corrected chi connectivity index (χ4v) is 1.94. The lowest BCUT2D eigenvalue weighted by atomic mass is 10.1. The van der Waals surface area contributed by atoms with Crippen LogP contribution in [0.2, 0.25) is 10.0 Å². The molecule has 6 heteroatoms. The Kier molecular flexibility index (Phi) is 5.21. The molecule has 2 atom stereocenters. The van der Waals surface area contributed by atoms with Crippen LogP contribution in [0, 0.1) is 0 Å². The van der Waals surface area contributed by atoms with E-state index in [0.717, 1.165) is 0 Å². The number of carbonyl (C=O) groups excluding carboxylic acids is 1. The van der Waals surface area contributed by atoms with Crippen molar-refractivity contribution in [3.8, 4) is 0 Å². The third-order valence-corrected chi connectivity index (χ3v) is 2.88. The second-order valence-electron chi connectivity index (χ2n) is 3.68. The standard InChI is InChI=1S/C11H14Cl2N2O2/c1-6(14)11(17)15-5-9(16)10-7(12)3-2-4-8(10)13/h2-4,6,9,16H,5,14H2,1H3,(H,15,17)/t6-,9?/m1/s1. The van der Waals surface area contributed by atoms with E-state index in [-0.39, 0.29) is 12.5 Å². The first-order valence-electron chi connectivity index (χ1n) is 5.08. The van der Waals surface area contributed by atoms with Crippen molar-refractivity contribution in [2.24, 2.45) is 5.73 Å². The number of hydrogen-bond donors (Lipinski definition) is 3. The van der Waals surface area contributed by atoms with E-state index in [2.05, 4.69) is 5.32 Å². The van der Waals surface area contributed by atoms with Crippen LogP contribution < -0.4 is 11.1 Å². The van der Waals surface area contributed by atoms with E-state index in [0.29, 0.717) is 15.6 Å². The van der Waals surface area contributed by atoms with Gasteiger partial charge in [-0.05, 0) is 19.1 Å². The Morgan fingerprint density at radius 2 is 2.00 bits per heavy atom. The quantitative estimate of drug-likeness (QED) is 0.780. The number of benzene rings is 1. The van der Waals surface area contributed by atoms with Gasteiger partial charge < -0.3 is 16.2 Å². The summed E-state index contributed by atoms with van der Waals surface area (Å²) >= 11 is 11.8. The molecule has 0 bridgehead atoms. The first-order chi connectivity index (χ1) is 7.93. The second-order valence-corrected chi connectivity index (χ2v) is 4.50.